The molecule has 2 N–H and O–H groups in total. The van der Waals surface area contributed by atoms with Gasteiger partial charge >= 0.3 is 5.97 Å². The molecule has 0 amide bonds. The fraction of sp³-hybridized carbons (Fsp3) is 0.316. The summed E-state index contributed by atoms with van der Waals surface area (Å²) in [5.41, 5.74) is 2.43. The second-order valence-electron chi connectivity index (χ2n) is 6.11. The summed E-state index contributed by atoms with van der Waals surface area (Å²) in [5.74, 6) is -0.118. The zero-order chi connectivity index (χ0) is 17.1. The number of methoxy groups -OCH3 is 1. The van der Waals surface area contributed by atoms with Gasteiger partial charge in [-0.1, -0.05) is 24.3 Å². The van der Waals surface area contributed by atoms with Crippen molar-refractivity contribution in [3.8, 4) is 5.75 Å². The summed E-state index contributed by atoms with van der Waals surface area (Å²) in [6, 6.07) is 14.9. The van der Waals surface area contributed by atoms with Crippen molar-refractivity contribution in [2.75, 3.05) is 13.7 Å². The number of benzene rings is 2. The third-order valence-corrected chi connectivity index (χ3v) is 4.45. The predicted octanol–water partition coefficient (Wildman–Crippen LogP) is 2.70. The van der Waals surface area contributed by atoms with Crippen molar-refractivity contribution in [1.82, 2.24) is 4.90 Å². The van der Waals surface area contributed by atoms with Gasteiger partial charge in [0.05, 0.1) is 18.8 Å². The normalized spacial score (nSPS) is 20.9. The molecule has 1 saturated heterocycles. The van der Waals surface area contributed by atoms with Crippen LogP contribution in [0.5, 0.6) is 5.75 Å². The summed E-state index contributed by atoms with van der Waals surface area (Å²) >= 11 is 0. The minimum atomic E-state index is -0.924. The van der Waals surface area contributed by atoms with Gasteiger partial charge in [-0.25, -0.2) is 4.79 Å². The SMILES string of the molecule is COc1cccc(C2CC(O)CN2Cc2ccc(C(=O)O)cc2)c1. The van der Waals surface area contributed by atoms with Gasteiger partial charge in [0.1, 0.15) is 5.75 Å². The second kappa shape index (κ2) is 7.03. The third kappa shape index (κ3) is 3.58. The van der Waals surface area contributed by atoms with Gasteiger partial charge in [-0.3, -0.25) is 4.90 Å². The Morgan fingerprint density at radius 1 is 1.25 bits per heavy atom. The predicted molar refractivity (Wildman–Crippen MR) is 90.2 cm³/mol. The second-order valence-corrected chi connectivity index (χ2v) is 6.11. The number of carboxylic acid groups (broad SMARTS) is 1. The van der Waals surface area contributed by atoms with Crippen LogP contribution in [0.25, 0.3) is 0 Å². The third-order valence-electron chi connectivity index (χ3n) is 4.45. The first-order valence-electron chi connectivity index (χ1n) is 7.95. The van der Waals surface area contributed by atoms with E-state index in [9.17, 15) is 9.90 Å². The Morgan fingerprint density at radius 2 is 2.00 bits per heavy atom. The van der Waals surface area contributed by atoms with Crippen molar-refractivity contribution < 1.29 is 19.7 Å². The van der Waals surface area contributed by atoms with Gasteiger partial charge in [0.15, 0.2) is 0 Å². The van der Waals surface area contributed by atoms with E-state index in [0.29, 0.717) is 19.5 Å². The van der Waals surface area contributed by atoms with Crippen LogP contribution < -0.4 is 4.74 Å². The molecule has 0 spiro atoms. The molecule has 5 heteroatoms. The van der Waals surface area contributed by atoms with Crippen LogP contribution in [0.15, 0.2) is 48.5 Å². The van der Waals surface area contributed by atoms with Crippen molar-refractivity contribution in [2.24, 2.45) is 0 Å². The van der Waals surface area contributed by atoms with Crippen LogP contribution in [0.3, 0.4) is 0 Å². The summed E-state index contributed by atoms with van der Waals surface area (Å²) in [7, 11) is 1.64. The lowest BCUT2D eigenvalue weighted by atomic mass is 10.0. The molecule has 2 aromatic carbocycles. The fourth-order valence-corrected chi connectivity index (χ4v) is 3.24. The van der Waals surface area contributed by atoms with E-state index >= 15 is 0 Å². The molecule has 5 nitrogen and oxygen atoms in total. The minimum Gasteiger partial charge on any atom is -0.497 e. The maximum absolute atomic E-state index is 10.9. The Labute approximate surface area is 141 Å². The molecule has 1 heterocycles. The highest BCUT2D eigenvalue weighted by atomic mass is 16.5. The molecule has 0 aromatic heterocycles. The molecule has 1 aliphatic heterocycles. The Kier molecular flexibility index (Phi) is 4.83. The first-order chi connectivity index (χ1) is 11.6. The van der Waals surface area contributed by atoms with E-state index in [1.165, 1.54) is 0 Å². The van der Waals surface area contributed by atoms with E-state index in [-0.39, 0.29) is 17.7 Å². The summed E-state index contributed by atoms with van der Waals surface area (Å²) in [4.78, 5) is 13.2. The van der Waals surface area contributed by atoms with Crippen LogP contribution in [-0.2, 0) is 6.54 Å². The van der Waals surface area contributed by atoms with Crippen molar-refractivity contribution >= 4 is 5.97 Å². The highest BCUT2D eigenvalue weighted by molar-refractivity contribution is 5.87. The number of rotatable bonds is 5. The average Bonchev–Trinajstić information content (AvgIpc) is 2.96. The molecule has 126 valence electrons. The molecule has 2 unspecified atom stereocenters. The lowest BCUT2D eigenvalue weighted by molar-refractivity contribution is 0.0697. The van der Waals surface area contributed by atoms with Gasteiger partial charge in [0, 0.05) is 19.1 Å². The number of hydrogen-bond acceptors (Lipinski definition) is 4. The highest BCUT2D eigenvalue weighted by Crippen LogP contribution is 2.34. The molecular weight excluding hydrogens is 306 g/mol. The molecule has 0 bridgehead atoms. The standard InChI is InChI=1S/C19H21NO4/c1-24-17-4-2-3-15(9-17)18-10-16(21)12-20(18)11-13-5-7-14(8-6-13)19(22)23/h2-9,16,18,21H,10-12H2,1H3,(H,22,23). The summed E-state index contributed by atoms with van der Waals surface area (Å²) < 4.78 is 5.29. The van der Waals surface area contributed by atoms with Crippen molar-refractivity contribution in [3.63, 3.8) is 0 Å². The van der Waals surface area contributed by atoms with E-state index in [1.54, 1.807) is 19.2 Å². The number of aliphatic hydroxyl groups is 1. The maximum atomic E-state index is 10.9. The molecule has 2 atom stereocenters. The van der Waals surface area contributed by atoms with E-state index in [4.69, 9.17) is 9.84 Å². The van der Waals surface area contributed by atoms with Crippen molar-refractivity contribution in [1.29, 1.82) is 0 Å². The molecule has 0 radical (unpaired) electrons. The van der Waals surface area contributed by atoms with E-state index < -0.39 is 5.97 Å². The highest BCUT2D eigenvalue weighted by Gasteiger charge is 2.32. The van der Waals surface area contributed by atoms with Gasteiger partial charge < -0.3 is 14.9 Å². The molecular formula is C19H21NO4. The Balaban J connectivity index is 1.78. The molecule has 0 aliphatic carbocycles. The molecule has 2 aromatic rings. The van der Waals surface area contributed by atoms with Crippen LogP contribution in [-0.4, -0.2) is 40.8 Å². The summed E-state index contributed by atoms with van der Waals surface area (Å²) in [5, 5.41) is 19.1. The number of likely N-dealkylation sites (tertiary alicyclic amines) is 1. The number of aromatic carboxylic acids is 1. The maximum Gasteiger partial charge on any atom is 0.335 e. The Morgan fingerprint density at radius 3 is 2.67 bits per heavy atom. The molecule has 0 saturated carbocycles. The molecule has 1 aliphatic rings. The number of carboxylic acids is 1. The van der Waals surface area contributed by atoms with Gasteiger partial charge in [0.25, 0.3) is 0 Å². The van der Waals surface area contributed by atoms with Crippen molar-refractivity contribution in [2.45, 2.75) is 25.1 Å². The van der Waals surface area contributed by atoms with Crippen LogP contribution in [0.1, 0.15) is 33.9 Å². The van der Waals surface area contributed by atoms with Gasteiger partial charge in [-0.15, -0.1) is 0 Å². The summed E-state index contributed by atoms with van der Waals surface area (Å²) in [6.45, 7) is 1.27. The first-order valence-corrected chi connectivity index (χ1v) is 7.95. The monoisotopic (exact) mass is 327 g/mol. The number of aliphatic hydroxyl groups excluding tert-OH is 1. The number of nitrogens with zero attached hydrogens (tertiary/aromatic N) is 1. The van der Waals surface area contributed by atoms with Crippen LogP contribution >= 0.6 is 0 Å². The number of carbonyl (C=O) groups is 1. The van der Waals surface area contributed by atoms with Gasteiger partial charge in [-0.2, -0.15) is 0 Å². The summed E-state index contributed by atoms with van der Waals surface area (Å²) in [6.07, 6.45) is 0.319. The van der Waals surface area contributed by atoms with Crippen LogP contribution in [0.4, 0.5) is 0 Å². The first kappa shape index (κ1) is 16.5. The number of β-amino-alcohol motifs (C(OH)–C–C–N with tert-alkyl or cyclic N) is 1. The Hall–Kier alpha value is -2.37. The number of ether oxygens (including phenoxy) is 1. The topological polar surface area (TPSA) is 70.0 Å². The fourth-order valence-electron chi connectivity index (χ4n) is 3.24. The quantitative estimate of drug-likeness (QED) is 0.883. The average molecular weight is 327 g/mol. The zero-order valence-corrected chi connectivity index (χ0v) is 13.6. The van der Waals surface area contributed by atoms with Crippen molar-refractivity contribution in [3.05, 3.63) is 65.2 Å². The Bertz CT molecular complexity index is 714. The molecule has 24 heavy (non-hydrogen) atoms. The smallest absolute Gasteiger partial charge is 0.335 e. The van der Waals surface area contributed by atoms with Gasteiger partial charge in [0.2, 0.25) is 0 Å². The van der Waals surface area contributed by atoms with E-state index in [0.717, 1.165) is 16.9 Å². The van der Waals surface area contributed by atoms with E-state index in [1.807, 2.05) is 36.4 Å². The molecule has 1 fully saturated rings. The van der Waals surface area contributed by atoms with Crippen LogP contribution in [0, 0.1) is 0 Å². The number of hydrogen-bond donors (Lipinski definition) is 2. The van der Waals surface area contributed by atoms with Crippen LogP contribution in [0.2, 0.25) is 0 Å². The largest absolute Gasteiger partial charge is 0.497 e. The van der Waals surface area contributed by atoms with Gasteiger partial charge in [-0.05, 0) is 41.8 Å². The lowest BCUT2D eigenvalue weighted by Crippen LogP contribution is -2.24. The zero-order valence-electron chi connectivity index (χ0n) is 13.6. The minimum absolute atomic E-state index is 0.120. The lowest BCUT2D eigenvalue weighted by Gasteiger charge is -2.25. The molecule has 3 rings (SSSR count). The van der Waals surface area contributed by atoms with E-state index in [2.05, 4.69) is 4.90 Å².